The van der Waals surface area contributed by atoms with Crippen LogP contribution in [0.15, 0.2) is 71.8 Å². The van der Waals surface area contributed by atoms with Crippen molar-refractivity contribution in [3.63, 3.8) is 0 Å². The third kappa shape index (κ3) is 4.00. The standard InChI is InChI=1S/C24H19F2N3O3/c1-14-20(23(31)28-22(30)16-6-2-7-17(25)11-16)18-8-3-9-19(26)21(18)24(32)29(14)13-15-5-4-10-27-12-15/h2-12,22,30H,13H2,1H3,(H,28,31)/t22-/m0/s1. The second-order valence-corrected chi connectivity index (χ2v) is 7.31. The van der Waals surface area contributed by atoms with E-state index < -0.39 is 29.3 Å². The minimum absolute atomic E-state index is 0.0402. The third-order valence-corrected chi connectivity index (χ3v) is 5.23. The molecule has 32 heavy (non-hydrogen) atoms. The number of benzene rings is 2. The number of fused-ring (bicyclic) bond motifs is 1. The lowest BCUT2D eigenvalue weighted by atomic mass is 10.0. The summed E-state index contributed by atoms with van der Waals surface area (Å²) in [6.07, 6.45) is 1.66. The van der Waals surface area contributed by atoms with E-state index in [1.807, 2.05) is 0 Å². The summed E-state index contributed by atoms with van der Waals surface area (Å²) in [5.74, 6) is -2.05. The van der Waals surface area contributed by atoms with E-state index in [-0.39, 0.29) is 28.4 Å². The van der Waals surface area contributed by atoms with Crippen molar-refractivity contribution < 1.29 is 18.7 Å². The van der Waals surface area contributed by atoms with Gasteiger partial charge in [-0.1, -0.05) is 30.3 Å². The molecule has 2 aromatic carbocycles. The number of hydrogen-bond donors (Lipinski definition) is 2. The van der Waals surface area contributed by atoms with Crippen molar-refractivity contribution in [2.75, 3.05) is 0 Å². The van der Waals surface area contributed by atoms with Gasteiger partial charge < -0.3 is 15.0 Å². The van der Waals surface area contributed by atoms with Gasteiger partial charge in [0, 0.05) is 29.0 Å². The van der Waals surface area contributed by atoms with Gasteiger partial charge in [0.25, 0.3) is 11.5 Å². The average molecular weight is 435 g/mol. The largest absolute Gasteiger partial charge is 0.369 e. The van der Waals surface area contributed by atoms with Gasteiger partial charge in [-0.3, -0.25) is 14.6 Å². The zero-order valence-corrected chi connectivity index (χ0v) is 17.0. The van der Waals surface area contributed by atoms with Gasteiger partial charge in [-0.15, -0.1) is 0 Å². The van der Waals surface area contributed by atoms with Gasteiger partial charge in [0.2, 0.25) is 0 Å². The summed E-state index contributed by atoms with van der Waals surface area (Å²) < 4.78 is 29.5. The number of nitrogens with zero attached hydrogens (tertiary/aromatic N) is 2. The van der Waals surface area contributed by atoms with E-state index in [0.717, 1.165) is 12.1 Å². The number of aliphatic hydroxyl groups excluding tert-OH is 1. The van der Waals surface area contributed by atoms with Crippen LogP contribution in [-0.4, -0.2) is 20.6 Å². The molecule has 4 aromatic rings. The van der Waals surface area contributed by atoms with Crippen molar-refractivity contribution >= 4 is 16.7 Å². The molecule has 162 valence electrons. The Morgan fingerprint density at radius 1 is 1.16 bits per heavy atom. The molecule has 0 saturated carbocycles. The molecule has 2 aromatic heterocycles. The van der Waals surface area contributed by atoms with Gasteiger partial charge in [-0.25, -0.2) is 8.78 Å². The highest BCUT2D eigenvalue weighted by Gasteiger charge is 2.23. The predicted octanol–water partition coefficient (Wildman–Crippen LogP) is 3.45. The summed E-state index contributed by atoms with van der Waals surface area (Å²) >= 11 is 0. The van der Waals surface area contributed by atoms with E-state index in [0.29, 0.717) is 11.3 Å². The Morgan fingerprint density at radius 2 is 1.94 bits per heavy atom. The zero-order chi connectivity index (χ0) is 22.8. The lowest BCUT2D eigenvalue weighted by Gasteiger charge is -2.19. The van der Waals surface area contributed by atoms with Gasteiger partial charge in [0.15, 0.2) is 6.23 Å². The van der Waals surface area contributed by atoms with Gasteiger partial charge in [-0.2, -0.15) is 0 Å². The fourth-order valence-corrected chi connectivity index (χ4v) is 3.67. The zero-order valence-electron chi connectivity index (χ0n) is 17.0. The summed E-state index contributed by atoms with van der Waals surface area (Å²) in [4.78, 5) is 30.3. The van der Waals surface area contributed by atoms with E-state index in [2.05, 4.69) is 10.3 Å². The number of rotatable bonds is 5. The topological polar surface area (TPSA) is 84.2 Å². The van der Waals surface area contributed by atoms with Crippen LogP contribution in [-0.2, 0) is 6.54 Å². The van der Waals surface area contributed by atoms with E-state index >= 15 is 0 Å². The maximum absolute atomic E-state index is 14.7. The Bertz CT molecular complexity index is 1370. The molecule has 8 heteroatoms. The Labute approximate surface area is 181 Å². The molecule has 4 rings (SSSR count). The Hall–Kier alpha value is -3.91. The van der Waals surface area contributed by atoms with E-state index in [1.54, 1.807) is 31.5 Å². The SMILES string of the molecule is Cc1c(C(=O)N[C@@H](O)c2cccc(F)c2)c2cccc(F)c2c(=O)n1Cc1cccnc1. The van der Waals surface area contributed by atoms with Crippen LogP contribution in [0.25, 0.3) is 10.8 Å². The quantitative estimate of drug-likeness (QED) is 0.471. The van der Waals surface area contributed by atoms with Crippen LogP contribution < -0.4 is 10.9 Å². The first kappa shape index (κ1) is 21.3. The molecule has 0 aliphatic rings. The third-order valence-electron chi connectivity index (χ3n) is 5.23. The molecule has 0 fully saturated rings. The lowest BCUT2D eigenvalue weighted by molar-refractivity contribution is 0.0783. The fourth-order valence-electron chi connectivity index (χ4n) is 3.67. The summed E-state index contributed by atoms with van der Waals surface area (Å²) in [6.45, 7) is 1.65. The van der Waals surface area contributed by atoms with Crippen molar-refractivity contribution in [3.05, 3.63) is 111 Å². The first-order chi connectivity index (χ1) is 15.4. The molecule has 1 amide bonds. The number of hydrogen-bond acceptors (Lipinski definition) is 4. The number of carbonyl (C=O) groups excluding carboxylic acids is 1. The lowest BCUT2D eigenvalue weighted by Crippen LogP contribution is -2.33. The maximum atomic E-state index is 14.7. The Morgan fingerprint density at radius 3 is 2.66 bits per heavy atom. The molecule has 0 saturated heterocycles. The highest BCUT2D eigenvalue weighted by atomic mass is 19.1. The molecular weight excluding hydrogens is 416 g/mol. The van der Waals surface area contributed by atoms with Gasteiger partial charge in [-0.05, 0) is 36.8 Å². The monoisotopic (exact) mass is 435 g/mol. The van der Waals surface area contributed by atoms with Crippen LogP contribution in [0.3, 0.4) is 0 Å². The molecule has 0 unspecified atom stereocenters. The highest BCUT2D eigenvalue weighted by molar-refractivity contribution is 6.08. The van der Waals surface area contributed by atoms with Crippen LogP contribution in [0, 0.1) is 18.6 Å². The highest BCUT2D eigenvalue weighted by Crippen LogP contribution is 2.23. The number of aliphatic hydroxyl groups is 1. The van der Waals surface area contributed by atoms with Gasteiger partial charge in [0.1, 0.15) is 11.6 Å². The molecular formula is C24H19F2N3O3. The summed E-state index contributed by atoms with van der Waals surface area (Å²) in [7, 11) is 0. The summed E-state index contributed by atoms with van der Waals surface area (Å²) in [5.41, 5.74) is 0.593. The number of carbonyl (C=O) groups is 1. The number of aromatic nitrogens is 2. The average Bonchev–Trinajstić information content (AvgIpc) is 2.77. The Balaban J connectivity index is 1.83. The van der Waals surface area contributed by atoms with Crippen molar-refractivity contribution in [2.24, 2.45) is 0 Å². The molecule has 0 spiro atoms. The number of amides is 1. The van der Waals surface area contributed by atoms with E-state index in [4.69, 9.17) is 0 Å². The molecule has 1 atom stereocenters. The van der Waals surface area contributed by atoms with Crippen LogP contribution in [0.2, 0.25) is 0 Å². The fraction of sp³-hybridized carbons (Fsp3) is 0.125. The minimum Gasteiger partial charge on any atom is -0.369 e. The van der Waals surface area contributed by atoms with Crippen molar-refractivity contribution in [3.8, 4) is 0 Å². The van der Waals surface area contributed by atoms with Crippen LogP contribution in [0.5, 0.6) is 0 Å². The normalized spacial score (nSPS) is 12.0. The van der Waals surface area contributed by atoms with Gasteiger partial charge >= 0.3 is 0 Å². The Kier molecular flexibility index (Phi) is 5.79. The number of nitrogens with one attached hydrogen (secondary N) is 1. The second-order valence-electron chi connectivity index (χ2n) is 7.31. The van der Waals surface area contributed by atoms with Crippen molar-refractivity contribution in [1.29, 1.82) is 0 Å². The first-order valence-electron chi connectivity index (χ1n) is 9.81. The molecule has 0 aliphatic carbocycles. The number of pyridine rings is 2. The van der Waals surface area contributed by atoms with Gasteiger partial charge in [0.05, 0.1) is 17.5 Å². The van der Waals surface area contributed by atoms with E-state index in [1.165, 1.54) is 34.9 Å². The molecule has 0 bridgehead atoms. The predicted molar refractivity (Wildman–Crippen MR) is 115 cm³/mol. The van der Waals surface area contributed by atoms with Crippen LogP contribution >= 0.6 is 0 Å². The minimum atomic E-state index is -1.50. The molecule has 0 aliphatic heterocycles. The van der Waals surface area contributed by atoms with E-state index in [9.17, 15) is 23.5 Å². The molecule has 2 N–H and O–H groups in total. The van der Waals surface area contributed by atoms with Crippen LogP contribution in [0.4, 0.5) is 8.78 Å². The molecule has 6 nitrogen and oxygen atoms in total. The van der Waals surface area contributed by atoms with Crippen molar-refractivity contribution in [1.82, 2.24) is 14.9 Å². The molecule has 2 heterocycles. The van der Waals surface area contributed by atoms with Crippen LogP contribution in [0.1, 0.15) is 33.4 Å². The number of halogens is 2. The van der Waals surface area contributed by atoms with Crippen molar-refractivity contribution in [2.45, 2.75) is 19.7 Å². The summed E-state index contributed by atoms with van der Waals surface area (Å²) in [5, 5.41) is 12.7. The molecule has 0 radical (unpaired) electrons. The second kappa shape index (κ2) is 8.68. The summed E-state index contributed by atoms with van der Waals surface area (Å²) in [6, 6.07) is 12.7. The first-order valence-corrected chi connectivity index (χ1v) is 9.81. The maximum Gasteiger partial charge on any atom is 0.261 e. The smallest absolute Gasteiger partial charge is 0.261 e.